The maximum absolute atomic E-state index is 13.0. The molecule has 8 heteroatoms. The molecule has 2 rings (SSSR count). The monoisotopic (exact) mass is 410 g/mol. The predicted molar refractivity (Wildman–Crippen MR) is 91.0 cm³/mol. The summed E-state index contributed by atoms with van der Waals surface area (Å²) in [5.74, 6) is 0. The van der Waals surface area contributed by atoms with Crippen molar-refractivity contribution >= 4 is 34.3 Å². The molecule has 0 heterocycles. The van der Waals surface area contributed by atoms with Crippen molar-refractivity contribution in [3.05, 3.63) is 81.9 Å². The average molecular weight is 411 g/mol. The third kappa shape index (κ3) is 6.11. The molecular weight excluding hydrogens is 401 g/mol. The minimum Gasteiger partial charge on any atom is -0.167 e. The summed E-state index contributed by atoms with van der Waals surface area (Å²) in [7, 11) is 0. The van der Waals surface area contributed by atoms with Gasteiger partial charge in [-0.25, -0.2) is 0 Å². The summed E-state index contributed by atoms with van der Waals surface area (Å²) in [4.78, 5) is 0. The maximum Gasteiger partial charge on any atom is 0.410 e. The molecule has 0 aliphatic carbocycles. The first kappa shape index (κ1) is 20.4. The molecule has 0 saturated carbocycles. The molecule has 0 saturated heterocycles. The summed E-state index contributed by atoms with van der Waals surface area (Å²) < 4.78 is 78.1. The molecule has 0 aliphatic heterocycles. The van der Waals surface area contributed by atoms with Gasteiger partial charge in [-0.3, -0.25) is 0 Å². The Bertz CT molecular complexity index is 741. The standard InChI is InChI=1S/C18H10Cl2F6/c19-13-5-1-11(2-6-13)15(9-17(21,22)23)16(10-18(24,25)26)12-3-7-14(20)8-4-12/h1-10H/b15-9+,16-10+. The zero-order valence-corrected chi connectivity index (χ0v) is 14.3. The Morgan fingerprint density at radius 2 is 0.846 bits per heavy atom. The molecular formula is C18H10Cl2F6. The summed E-state index contributed by atoms with van der Waals surface area (Å²) in [6, 6.07) is 10.1. The van der Waals surface area contributed by atoms with Crippen LogP contribution < -0.4 is 0 Å². The van der Waals surface area contributed by atoms with Gasteiger partial charge in [0.1, 0.15) is 0 Å². The van der Waals surface area contributed by atoms with Gasteiger partial charge in [0.15, 0.2) is 0 Å². The Kier molecular flexibility index (Phi) is 6.09. The van der Waals surface area contributed by atoms with Crippen LogP contribution in [-0.4, -0.2) is 12.4 Å². The number of alkyl halides is 6. The SMILES string of the molecule is FC(F)(F)/C=C(/C(=C/C(F)(F)F)c1ccc(Cl)cc1)c1ccc(Cl)cc1. The van der Waals surface area contributed by atoms with Crippen LogP contribution in [0, 0.1) is 0 Å². The van der Waals surface area contributed by atoms with Crippen molar-refractivity contribution in [2.24, 2.45) is 0 Å². The number of rotatable bonds is 3. The lowest BCUT2D eigenvalue weighted by molar-refractivity contribution is -0.0810. The van der Waals surface area contributed by atoms with Crippen LogP contribution in [0.25, 0.3) is 11.1 Å². The van der Waals surface area contributed by atoms with Crippen molar-refractivity contribution in [3.63, 3.8) is 0 Å². The van der Waals surface area contributed by atoms with Crippen molar-refractivity contribution < 1.29 is 26.3 Å². The van der Waals surface area contributed by atoms with Crippen LogP contribution in [0.1, 0.15) is 11.1 Å². The molecule has 0 bridgehead atoms. The summed E-state index contributed by atoms with van der Waals surface area (Å²) in [6.45, 7) is 0. The van der Waals surface area contributed by atoms with E-state index in [9.17, 15) is 26.3 Å². The van der Waals surface area contributed by atoms with Crippen LogP contribution in [0.15, 0.2) is 60.7 Å². The summed E-state index contributed by atoms with van der Waals surface area (Å²) in [5, 5.41) is 0.487. The highest BCUT2D eigenvalue weighted by Gasteiger charge is 2.30. The van der Waals surface area contributed by atoms with E-state index in [4.69, 9.17) is 23.2 Å². The van der Waals surface area contributed by atoms with Gasteiger partial charge >= 0.3 is 12.4 Å². The molecule has 0 fully saturated rings. The second-order valence-electron chi connectivity index (χ2n) is 5.21. The molecule has 0 unspecified atom stereocenters. The smallest absolute Gasteiger partial charge is 0.167 e. The second-order valence-corrected chi connectivity index (χ2v) is 6.09. The van der Waals surface area contributed by atoms with E-state index in [1.54, 1.807) is 0 Å². The predicted octanol–water partition coefficient (Wildman–Crippen LogP) is 7.59. The first-order valence-electron chi connectivity index (χ1n) is 7.06. The Hall–Kier alpha value is -1.92. The van der Waals surface area contributed by atoms with Crippen LogP contribution >= 0.6 is 23.2 Å². The zero-order valence-electron chi connectivity index (χ0n) is 12.8. The fraction of sp³-hybridized carbons (Fsp3) is 0.111. The van der Waals surface area contributed by atoms with E-state index in [2.05, 4.69) is 0 Å². The van der Waals surface area contributed by atoms with Crippen LogP contribution in [0.3, 0.4) is 0 Å². The van der Waals surface area contributed by atoms with Crippen molar-refractivity contribution in [1.82, 2.24) is 0 Å². The molecule has 2 aromatic rings. The van der Waals surface area contributed by atoms with Gasteiger partial charge in [-0.1, -0.05) is 47.5 Å². The van der Waals surface area contributed by atoms with Crippen LogP contribution in [0.4, 0.5) is 26.3 Å². The molecule has 0 radical (unpaired) electrons. The molecule has 2 aromatic carbocycles. The van der Waals surface area contributed by atoms with E-state index in [1.165, 1.54) is 48.5 Å². The van der Waals surface area contributed by atoms with E-state index in [0.717, 1.165) is 0 Å². The van der Waals surface area contributed by atoms with E-state index >= 15 is 0 Å². The average Bonchev–Trinajstić information content (AvgIpc) is 2.51. The molecule has 0 aliphatic rings. The third-order valence-corrected chi connectivity index (χ3v) is 3.72. The van der Waals surface area contributed by atoms with Crippen molar-refractivity contribution in [2.75, 3.05) is 0 Å². The summed E-state index contributed by atoms with van der Waals surface area (Å²) in [5.41, 5.74) is -1.38. The van der Waals surface area contributed by atoms with E-state index in [1.807, 2.05) is 0 Å². The first-order valence-corrected chi connectivity index (χ1v) is 7.82. The summed E-state index contributed by atoms with van der Waals surface area (Å²) >= 11 is 11.4. The molecule has 0 amide bonds. The molecule has 0 nitrogen and oxygen atoms in total. The number of hydrogen-bond donors (Lipinski definition) is 0. The molecule has 0 spiro atoms. The third-order valence-electron chi connectivity index (χ3n) is 3.22. The fourth-order valence-electron chi connectivity index (χ4n) is 2.22. The Morgan fingerprint density at radius 3 is 1.08 bits per heavy atom. The maximum atomic E-state index is 13.0. The second kappa shape index (κ2) is 7.76. The lowest BCUT2D eigenvalue weighted by atomic mass is 9.91. The summed E-state index contributed by atoms with van der Waals surface area (Å²) in [6.07, 6.45) is -9.98. The Balaban J connectivity index is 2.73. The molecule has 0 aromatic heterocycles. The number of halogens is 8. The van der Waals surface area contributed by atoms with Crippen LogP contribution in [-0.2, 0) is 0 Å². The van der Waals surface area contributed by atoms with E-state index in [0.29, 0.717) is 0 Å². The Labute approximate surface area is 155 Å². The molecule has 138 valence electrons. The van der Waals surface area contributed by atoms with E-state index < -0.39 is 23.5 Å². The normalized spacial score (nSPS) is 13.8. The minimum absolute atomic E-state index is 0.0582. The van der Waals surface area contributed by atoms with Crippen molar-refractivity contribution in [3.8, 4) is 0 Å². The van der Waals surface area contributed by atoms with Crippen LogP contribution in [0.2, 0.25) is 10.0 Å². The van der Waals surface area contributed by atoms with Gasteiger partial charge in [0.05, 0.1) is 0 Å². The van der Waals surface area contributed by atoms with Crippen molar-refractivity contribution in [2.45, 2.75) is 12.4 Å². The lowest BCUT2D eigenvalue weighted by Crippen LogP contribution is -2.08. The molecule has 0 atom stereocenters. The Morgan fingerprint density at radius 1 is 0.577 bits per heavy atom. The molecule has 0 N–H and O–H groups in total. The quantitative estimate of drug-likeness (QED) is 0.361. The number of hydrogen-bond acceptors (Lipinski definition) is 0. The van der Waals surface area contributed by atoms with Gasteiger partial charge in [0.25, 0.3) is 0 Å². The first-order chi connectivity index (χ1) is 11.9. The minimum atomic E-state index is -4.83. The van der Waals surface area contributed by atoms with Crippen LogP contribution in [0.5, 0.6) is 0 Å². The van der Waals surface area contributed by atoms with Gasteiger partial charge in [-0.05, 0) is 46.5 Å². The zero-order chi connectivity index (χ0) is 19.5. The topological polar surface area (TPSA) is 0 Å². The highest BCUT2D eigenvalue weighted by Crippen LogP contribution is 2.38. The van der Waals surface area contributed by atoms with E-state index in [-0.39, 0.29) is 33.3 Å². The van der Waals surface area contributed by atoms with Crippen molar-refractivity contribution in [1.29, 1.82) is 0 Å². The van der Waals surface area contributed by atoms with Gasteiger partial charge in [0.2, 0.25) is 0 Å². The van der Waals surface area contributed by atoms with Gasteiger partial charge in [-0.2, -0.15) is 26.3 Å². The highest BCUT2D eigenvalue weighted by molar-refractivity contribution is 6.31. The number of benzene rings is 2. The number of allylic oxidation sites excluding steroid dienone is 4. The lowest BCUT2D eigenvalue weighted by Gasteiger charge is -2.16. The highest BCUT2D eigenvalue weighted by atomic mass is 35.5. The molecule has 26 heavy (non-hydrogen) atoms. The van der Waals surface area contributed by atoms with Gasteiger partial charge in [-0.15, -0.1) is 0 Å². The van der Waals surface area contributed by atoms with Gasteiger partial charge < -0.3 is 0 Å². The largest absolute Gasteiger partial charge is 0.410 e. The van der Waals surface area contributed by atoms with Gasteiger partial charge in [0, 0.05) is 22.2 Å². The fourth-order valence-corrected chi connectivity index (χ4v) is 2.47.